The summed E-state index contributed by atoms with van der Waals surface area (Å²) >= 11 is 0. The van der Waals surface area contributed by atoms with Gasteiger partial charge in [-0.25, -0.2) is 0 Å². The van der Waals surface area contributed by atoms with Crippen LogP contribution in [0, 0.1) is 5.92 Å². The largest absolute Gasteiger partial charge is 0.496 e. The minimum Gasteiger partial charge on any atom is -0.496 e. The SMILES string of the molecule is COc1ccccc1CN1CCN(C(=O)[C@@H]2CCC[C@H](N)C2)CC1. The van der Waals surface area contributed by atoms with Gasteiger partial charge in [0.1, 0.15) is 5.75 Å². The molecule has 0 radical (unpaired) electrons. The van der Waals surface area contributed by atoms with Crippen molar-refractivity contribution < 1.29 is 9.53 Å². The number of nitrogens with zero attached hydrogens (tertiary/aromatic N) is 2. The second kappa shape index (κ2) is 7.99. The lowest BCUT2D eigenvalue weighted by molar-refractivity contribution is -0.138. The van der Waals surface area contributed by atoms with Gasteiger partial charge >= 0.3 is 0 Å². The van der Waals surface area contributed by atoms with Crippen LogP contribution in [-0.2, 0) is 11.3 Å². The van der Waals surface area contributed by atoms with Crippen LogP contribution in [0.3, 0.4) is 0 Å². The lowest BCUT2D eigenvalue weighted by Gasteiger charge is -2.38. The van der Waals surface area contributed by atoms with Crippen LogP contribution in [0.15, 0.2) is 24.3 Å². The molecule has 5 nitrogen and oxygen atoms in total. The van der Waals surface area contributed by atoms with E-state index in [9.17, 15) is 4.79 Å². The summed E-state index contributed by atoms with van der Waals surface area (Å²) in [6, 6.07) is 8.36. The Hall–Kier alpha value is -1.59. The minimum atomic E-state index is 0.148. The van der Waals surface area contributed by atoms with Gasteiger partial charge in [-0.3, -0.25) is 9.69 Å². The molecule has 1 saturated carbocycles. The highest BCUT2D eigenvalue weighted by Gasteiger charge is 2.30. The maximum Gasteiger partial charge on any atom is 0.225 e. The zero-order chi connectivity index (χ0) is 16.9. The van der Waals surface area contributed by atoms with E-state index < -0.39 is 0 Å². The zero-order valence-electron chi connectivity index (χ0n) is 14.6. The Morgan fingerprint density at radius 3 is 2.67 bits per heavy atom. The van der Waals surface area contributed by atoms with Gasteiger partial charge in [-0.2, -0.15) is 0 Å². The number of carbonyl (C=O) groups excluding carboxylic acids is 1. The monoisotopic (exact) mass is 331 g/mol. The predicted molar refractivity (Wildman–Crippen MR) is 94.8 cm³/mol. The normalized spacial score (nSPS) is 25.5. The highest BCUT2D eigenvalue weighted by molar-refractivity contribution is 5.79. The van der Waals surface area contributed by atoms with Crippen LogP contribution in [-0.4, -0.2) is 55.0 Å². The first kappa shape index (κ1) is 17.2. The summed E-state index contributed by atoms with van der Waals surface area (Å²) in [5, 5.41) is 0. The van der Waals surface area contributed by atoms with Gasteiger partial charge in [-0.05, 0) is 25.3 Å². The Labute approximate surface area is 144 Å². The number of hydrogen-bond donors (Lipinski definition) is 1. The molecule has 3 rings (SSSR count). The Morgan fingerprint density at radius 1 is 1.21 bits per heavy atom. The van der Waals surface area contributed by atoms with E-state index in [1.54, 1.807) is 7.11 Å². The smallest absolute Gasteiger partial charge is 0.225 e. The average Bonchev–Trinajstić information content (AvgIpc) is 2.62. The Balaban J connectivity index is 1.51. The van der Waals surface area contributed by atoms with Gasteiger partial charge in [0.25, 0.3) is 0 Å². The van der Waals surface area contributed by atoms with E-state index in [0.717, 1.165) is 64.2 Å². The van der Waals surface area contributed by atoms with Crippen LogP contribution in [0.1, 0.15) is 31.2 Å². The fourth-order valence-electron chi connectivity index (χ4n) is 3.91. The van der Waals surface area contributed by atoms with Crippen LogP contribution >= 0.6 is 0 Å². The number of nitrogens with two attached hydrogens (primary N) is 1. The lowest BCUT2D eigenvalue weighted by Crippen LogP contribution is -2.51. The van der Waals surface area contributed by atoms with Crippen molar-refractivity contribution >= 4 is 5.91 Å². The maximum absolute atomic E-state index is 12.7. The molecule has 2 aliphatic rings. The number of hydrogen-bond acceptors (Lipinski definition) is 4. The molecule has 5 heteroatoms. The molecule has 2 N–H and O–H groups in total. The molecule has 1 aliphatic carbocycles. The molecule has 2 atom stereocenters. The molecular weight excluding hydrogens is 302 g/mol. The van der Waals surface area contributed by atoms with Crippen molar-refractivity contribution in [2.75, 3.05) is 33.3 Å². The quantitative estimate of drug-likeness (QED) is 0.915. The number of rotatable bonds is 4. The third-order valence-corrected chi connectivity index (χ3v) is 5.33. The zero-order valence-corrected chi connectivity index (χ0v) is 14.6. The van der Waals surface area contributed by atoms with Gasteiger partial charge in [0, 0.05) is 50.2 Å². The lowest BCUT2D eigenvalue weighted by atomic mass is 9.85. The summed E-state index contributed by atoms with van der Waals surface area (Å²) in [6.45, 7) is 4.35. The molecule has 2 fully saturated rings. The second-order valence-electron chi connectivity index (χ2n) is 7.04. The fraction of sp³-hybridized carbons (Fsp3) is 0.632. The van der Waals surface area contributed by atoms with Gasteiger partial charge in [0.2, 0.25) is 5.91 Å². The number of benzene rings is 1. The molecule has 132 valence electrons. The Morgan fingerprint density at radius 2 is 1.96 bits per heavy atom. The second-order valence-corrected chi connectivity index (χ2v) is 7.04. The molecule has 1 saturated heterocycles. The van der Waals surface area contributed by atoms with Crippen LogP contribution in [0.2, 0.25) is 0 Å². The van der Waals surface area contributed by atoms with Crippen molar-refractivity contribution in [2.24, 2.45) is 11.7 Å². The molecule has 0 bridgehead atoms. The van der Waals surface area contributed by atoms with Gasteiger partial charge in [0.05, 0.1) is 7.11 Å². The van der Waals surface area contributed by atoms with Crippen molar-refractivity contribution in [3.63, 3.8) is 0 Å². The van der Waals surface area contributed by atoms with E-state index in [4.69, 9.17) is 10.5 Å². The Bertz CT molecular complexity index is 555. The van der Waals surface area contributed by atoms with Crippen LogP contribution in [0.25, 0.3) is 0 Å². The molecule has 1 aromatic rings. The Kier molecular flexibility index (Phi) is 5.74. The van der Waals surface area contributed by atoms with Crippen LogP contribution in [0.5, 0.6) is 5.75 Å². The van der Waals surface area contributed by atoms with Crippen molar-refractivity contribution in [3.8, 4) is 5.75 Å². The summed E-state index contributed by atoms with van der Waals surface area (Å²) in [5.41, 5.74) is 7.24. The van der Waals surface area contributed by atoms with Gasteiger partial charge in [0.15, 0.2) is 0 Å². The summed E-state index contributed by atoms with van der Waals surface area (Å²) < 4.78 is 5.43. The van der Waals surface area contributed by atoms with E-state index in [0.29, 0.717) is 5.91 Å². The predicted octanol–water partition coefficient (Wildman–Crippen LogP) is 1.86. The average molecular weight is 331 g/mol. The number of methoxy groups -OCH3 is 1. The highest BCUT2D eigenvalue weighted by Crippen LogP contribution is 2.26. The third kappa shape index (κ3) is 4.08. The topological polar surface area (TPSA) is 58.8 Å². The molecule has 24 heavy (non-hydrogen) atoms. The number of amides is 1. The summed E-state index contributed by atoms with van der Waals surface area (Å²) in [7, 11) is 1.71. The molecule has 0 aromatic heterocycles. The van der Waals surface area contributed by atoms with Crippen molar-refractivity contribution in [1.29, 1.82) is 0 Å². The molecule has 1 aliphatic heterocycles. The van der Waals surface area contributed by atoms with Crippen LogP contribution in [0.4, 0.5) is 0 Å². The van der Waals surface area contributed by atoms with Crippen LogP contribution < -0.4 is 10.5 Å². The van der Waals surface area contributed by atoms with E-state index >= 15 is 0 Å². The van der Waals surface area contributed by atoms with Crippen molar-refractivity contribution in [1.82, 2.24) is 9.80 Å². The molecule has 1 aromatic carbocycles. The van der Waals surface area contributed by atoms with Crippen molar-refractivity contribution in [2.45, 2.75) is 38.3 Å². The molecule has 0 unspecified atom stereocenters. The van der Waals surface area contributed by atoms with E-state index in [1.165, 1.54) is 5.56 Å². The molecule has 1 amide bonds. The van der Waals surface area contributed by atoms with Gasteiger partial charge in [-0.15, -0.1) is 0 Å². The number of piperazine rings is 1. The number of para-hydroxylation sites is 1. The third-order valence-electron chi connectivity index (χ3n) is 5.33. The summed E-state index contributed by atoms with van der Waals surface area (Å²) in [6.07, 6.45) is 4.02. The molecule has 0 spiro atoms. The highest BCUT2D eigenvalue weighted by atomic mass is 16.5. The summed E-state index contributed by atoms with van der Waals surface area (Å²) in [5.74, 6) is 1.41. The molecular formula is C19H29N3O2. The minimum absolute atomic E-state index is 0.148. The summed E-state index contributed by atoms with van der Waals surface area (Å²) in [4.78, 5) is 17.1. The maximum atomic E-state index is 12.7. The first-order chi connectivity index (χ1) is 11.7. The first-order valence-electron chi connectivity index (χ1n) is 9.06. The van der Waals surface area contributed by atoms with E-state index in [-0.39, 0.29) is 12.0 Å². The van der Waals surface area contributed by atoms with E-state index in [2.05, 4.69) is 11.0 Å². The number of ether oxygens (including phenoxy) is 1. The van der Waals surface area contributed by atoms with Gasteiger partial charge in [-0.1, -0.05) is 24.6 Å². The number of carbonyl (C=O) groups is 1. The first-order valence-corrected chi connectivity index (χ1v) is 9.06. The van der Waals surface area contributed by atoms with Crippen molar-refractivity contribution in [3.05, 3.63) is 29.8 Å². The standard InChI is InChI=1S/C19H29N3O2/c1-24-18-8-3-2-5-16(18)14-21-9-11-22(12-10-21)19(23)15-6-4-7-17(20)13-15/h2-3,5,8,15,17H,4,6-7,9-14,20H2,1H3/t15-,17+/m1/s1. The van der Waals surface area contributed by atoms with Gasteiger partial charge < -0.3 is 15.4 Å². The molecule has 1 heterocycles. The fourth-order valence-corrected chi connectivity index (χ4v) is 3.91. The van der Waals surface area contributed by atoms with E-state index in [1.807, 2.05) is 23.1 Å².